The third-order valence-electron chi connectivity index (χ3n) is 5.93. The molecule has 0 spiro atoms. The number of fused-ring (bicyclic) bond motifs is 2. The summed E-state index contributed by atoms with van der Waals surface area (Å²) in [6.07, 6.45) is 1.98. The van der Waals surface area contributed by atoms with Crippen LogP contribution < -0.4 is 5.73 Å². The van der Waals surface area contributed by atoms with Crippen LogP contribution in [0.25, 0.3) is 33.3 Å². The third-order valence-corrected chi connectivity index (χ3v) is 5.93. The highest BCUT2D eigenvalue weighted by Crippen LogP contribution is 2.34. The molecular weight excluding hydrogens is 342 g/mol. The fourth-order valence-corrected chi connectivity index (χ4v) is 4.62. The molecule has 2 heterocycles. The highest BCUT2D eigenvalue weighted by molar-refractivity contribution is 5.93. The highest BCUT2D eigenvalue weighted by atomic mass is 14.7. The van der Waals surface area contributed by atoms with Crippen molar-refractivity contribution >= 4 is 10.9 Å². The monoisotopic (exact) mass is 367 g/mol. The molecule has 2 aromatic carbocycles. The van der Waals surface area contributed by atoms with Crippen LogP contribution in [0.5, 0.6) is 0 Å². The molecule has 4 aromatic rings. The van der Waals surface area contributed by atoms with Crippen LogP contribution in [0.4, 0.5) is 0 Å². The standard InChI is InChI=1S/C25H25N3/c1-14-8-21(9-15(2)27-14)25-16(3)23-7-6-19(13-24(23)28-25)17-4-5-18-11-22(26)12-20(18)10-17/h4-10,13,22,28H,11-12,26H2,1-3H3. The van der Waals surface area contributed by atoms with Crippen molar-refractivity contribution in [1.82, 2.24) is 9.97 Å². The quantitative estimate of drug-likeness (QED) is 0.508. The Morgan fingerprint density at radius 2 is 1.50 bits per heavy atom. The zero-order chi connectivity index (χ0) is 19.4. The summed E-state index contributed by atoms with van der Waals surface area (Å²) in [6, 6.07) is 18.1. The third kappa shape index (κ3) is 2.83. The maximum Gasteiger partial charge on any atom is 0.0495 e. The summed E-state index contributed by atoms with van der Waals surface area (Å²) in [4.78, 5) is 8.16. The molecule has 140 valence electrons. The van der Waals surface area contributed by atoms with Crippen molar-refractivity contribution in [3.63, 3.8) is 0 Å². The molecule has 0 fully saturated rings. The molecule has 1 aliphatic rings. The van der Waals surface area contributed by atoms with Crippen molar-refractivity contribution in [3.05, 3.63) is 76.6 Å². The van der Waals surface area contributed by atoms with Gasteiger partial charge in [-0.15, -0.1) is 0 Å². The van der Waals surface area contributed by atoms with Crippen LogP contribution in [0.2, 0.25) is 0 Å². The number of pyridine rings is 1. The minimum Gasteiger partial charge on any atom is -0.354 e. The molecule has 1 atom stereocenters. The number of hydrogen-bond donors (Lipinski definition) is 2. The number of nitrogens with two attached hydrogens (primary N) is 1. The SMILES string of the molecule is Cc1cc(-c2[nH]c3cc(-c4ccc5c(c4)CC(N)C5)ccc3c2C)cc(C)n1. The average molecular weight is 367 g/mol. The smallest absolute Gasteiger partial charge is 0.0495 e. The number of H-pyrrole nitrogens is 1. The molecule has 0 saturated heterocycles. The molecule has 3 nitrogen and oxygen atoms in total. The van der Waals surface area contributed by atoms with E-state index in [1.807, 2.05) is 13.8 Å². The van der Waals surface area contributed by atoms with Crippen molar-refractivity contribution in [2.75, 3.05) is 0 Å². The van der Waals surface area contributed by atoms with Crippen LogP contribution >= 0.6 is 0 Å². The summed E-state index contributed by atoms with van der Waals surface area (Å²) in [5, 5.41) is 1.27. The molecule has 0 bridgehead atoms. The molecule has 2 aromatic heterocycles. The summed E-state index contributed by atoms with van der Waals surface area (Å²) < 4.78 is 0. The first-order valence-electron chi connectivity index (χ1n) is 9.93. The number of aryl methyl sites for hydroxylation is 3. The number of benzene rings is 2. The maximum atomic E-state index is 6.13. The van der Waals surface area contributed by atoms with Crippen LogP contribution in [-0.4, -0.2) is 16.0 Å². The van der Waals surface area contributed by atoms with E-state index in [1.54, 1.807) is 0 Å². The number of rotatable bonds is 2. The van der Waals surface area contributed by atoms with E-state index in [-0.39, 0.29) is 6.04 Å². The Morgan fingerprint density at radius 1 is 0.821 bits per heavy atom. The van der Waals surface area contributed by atoms with Gasteiger partial charge in [0.1, 0.15) is 0 Å². The minimum atomic E-state index is 0.272. The zero-order valence-corrected chi connectivity index (χ0v) is 16.6. The van der Waals surface area contributed by atoms with Crippen LogP contribution in [-0.2, 0) is 12.8 Å². The summed E-state index contributed by atoms with van der Waals surface area (Å²) in [7, 11) is 0. The molecule has 1 aliphatic carbocycles. The average Bonchev–Trinajstić information content (AvgIpc) is 3.19. The van der Waals surface area contributed by atoms with Crippen molar-refractivity contribution < 1.29 is 0 Å². The van der Waals surface area contributed by atoms with Gasteiger partial charge >= 0.3 is 0 Å². The van der Waals surface area contributed by atoms with Crippen molar-refractivity contribution in [2.24, 2.45) is 5.73 Å². The summed E-state index contributed by atoms with van der Waals surface area (Å²) in [5.74, 6) is 0. The van der Waals surface area contributed by atoms with Gasteiger partial charge in [-0.05, 0) is 79.6 Å². The Kier molecular flexibility index (Phi) is 3.88. The van der Waals surface area contributed by atoms with E-state index in [2.05, 4.69) is 65.4 Å². The van der Waals surface area contributed by atoms with E-state index in [4.69, 9.17) is 5.73 Å². The first-order chi connectivity index (χ1) is 13.5. The second-order valence-electron chi connectivity index (χ2n) is 8.18. The molecule has 28 heavy (non-hydrogen) atoms. The van der Waals surface area contributed by atoms with Gasteiger partial charge in [0.2, 0.25) is 0 Å². The predicted molar refractivity (Wildman–Crippen MR) is 117 cm³/mol. The van der Waals surface area contributed by atoms with Gasteiger partial charge in [0.15, 0.2) is 0 Å². The summed E-state index contributed by atoms with van der Waals surface area (Å²) >= 11 is 0. The predicted octanol–water partition coefficient (Wildman–Crippen LogP) is 5.25. The maximum absolute atomic E-state index is 6.13. The van der Waals surface area contributed by atoms with Crippen LogP contribution in [0.15, 0.2) is 48.5 Å². The van der Waals surface area contributed by atoms with Gasteiger partial charge in [0, 0.05) is 39.6 Å². The van der Waals surface area contributed by atoms with E-state index in [1.165, 1.54) is 50.0 Å². The van der Waals surface area contributed by atoms with E-state index < -0.39 is 0 Å². The molecule has 0 radical (unpaired) electrons. The topological polar surface area (TPSA) is 54.7 Å². The van der Waals surface area contributed by atoms with Gasteiger partial charge in [-0.25, -0.2) is 0 Å². The number of hydrogen-bond acceptors (Lipinski definition) is 2. The normalized spacial score (nSPS) is 15.9. The highest BCUT2D eigenvalue weighted by Gasteiger charge is 2.18. The first kappa shape index (κ1) is 17.2. The zero-order valence-electron chi connectivity index (χ0n) is 16.6. The Bertz CT molecular complexity index is 1200. The Labute approximate surface area is 165 Å². The first-order valence-corrected chi connectivity index (χ1v) is 9.93. The van der Waals surface area contributed by atoms with Gasteiger partial charge in [0.05, 0.1) is 0 Å². The van der Waals surface area contributed by atoms with Gasteiger partial charge < -0.3 is 10.7 Å². The number of nitrogens with zero attached hydrogens (tertiary/aromatic N) is 1. The van der Waals surface area contributed by atoms with Gasteiger partial charge in [-0.2, -0.15) is 0 Å². The van der Waals surface area contributed by atoms with Crippen molar-refractivity contribution in [2.45, 2.75) is 39.7 Å². The molecule has 0 aliphatic heterocycles. The Hall–Kier alpha value is -2.91. The minimum absolute atomic E-state index is 0.272. The lowest BCUT2D eigenvalue weighted by molar-refractivity contribution is 0.721. The molecular formula is C25H25N3. The molecule has 0 amide bonds. The lowest BCUT2D eigenvalue weighted by atomic mass is 9.99. The molecule has 3 N–H and O–H groups in total. The number of aromatic amines is 1. The van der Waals surface area contributed by atoms with Crippen molar-refractivity contribution in [1.29, 1.82) is 0 Å². The van der Waals surface area contributed by atoms with Crippen LogP contribution in [0.3, 0.4) is 0 Å². The lowest BCUT2D eigenvalue weighted by Gasteiger charge is -2.06. The second-order valence-corrected chi connectivity index (χ2v) is 8.18. The Balaban J connectivity index is 1.60. The van der Waals surface area contributed by atoms with Gasteiger partial charge in [0.25, 0.3) is 0 Å². The van der Waals surface area contributed by atoms with E-state index in [9.17, 15) is 0 Å². The number of nitrogens with one attached hydrogen (secondary N) is 1. The molecule has 5 rings (SSSR count). The van der Waals surface area contributed by atoms with E-state index in [0.717, 1.165) is 24.2 Å². The Morgan fingerprint density at radius 3 is 2.29 bits per heavy atom. The van der Waals surface area contributed by atoms with Crippen LogP contribution in [0.1, 0.15) is 28.1 Å². The fraction of sp³-hybridized carbons (Fsp3) is 0.240. The van der Waals surface area contributed by atoms with Gasteiger partial charge in [-0.3, -0.25) is 4.98 Å². The van der Waals surface area contributed by atoms with Gasteiger partial charge in [-0.1, -0.05) is 30.3 Å². The summed E-state index contributed by atoms with van der Waals surface area (Å²) in [6.45, 7) is 6.29. The van der Waals surface area contributed by atoms with E-state index >= 15 is 0 Å². The van der Waals surface area contributed by atoms with E-state index in [0.29, 0.717) is 0 Å². The molecule has 0 saturated carbocycles. The summed E-state index contributed by atoms with van der Waals surface area (Å²) in [5.41, 5.74) is 18.4. The fourth-order valence-electron chi connectivity index (χ4n) is 4.62. The lowest BCUT2D eigenvalue weighted by Crippen LogP contribution is -2.18. The largest absolute Gasteiger partial charge is 0.354 e. The molecule has 3 heteroatoms. The number of aromatic nitrogens is 2. The van der Waals surface area contributed by atoms with Crippen molar-refractivity contribution in [3.8, 4) is 22.4 Å². The van der Waals surface area contributed by atoms with Crippen LogP contribution in [0, 0.1) is 20.8 Å². The second kappa shape index (κ2) is 6.32. The molecule has 1 unspecified atom stereocenters.